The third-order valence-electron chi connectivity index (χ3n) is 2.27. The summed E-state index contributed by atoms with van der Waals surface area (Å²) in [6, 6.07) is 13.7. The van der Waals surface area contributed by atoms with Crippen LogP contribution in [0.15, 0.2) is 42.5 Å². The summed E-state index contributed by atoms with van der Waals surface area (Å²) in [6.07, 6.45) is 0. The number of methoxy groups -OCH3 is 1. The Kier molecular flexibility index (Phi) is 7.27. The van der Waals surface area contributed by atoms with Gasteiger partial charge in [0.2, 0.25) is 0 Å². The molecule has 0 aliphatic carbocycles. The Bertz CT molecular complexity index is 427. The number of rotatable bonds is 1. The van der Waals surface area contributed by atoms with Gasteiger partial charge in [-0.1, -0.05) is 13.8 Å². The van der Waals surface area contributed by atoms with Gasteiger partial charge in [0.25, 0.3) is 5.97 Å². The first-order chi connectivity index (χ1) is 7.65. The molecule has 2 aromatic rings. The number of carbonyl (C=O) groups excluding carboxylic acids is 1. The first-order valence-electron chi connectivity index (χ1n) is 5.14. The summed E-state index contributed by atoms with van der Waals surface area (Å²) >= 11 is 0. The van der Waals surface area contributed by atoms with Crippen molar-refractivity contribution in [2.45, 2.75) is 13.8 Å². The maximum atomic E-state index is 10.9. The largest absolute Gasteiger partial charge is 0.475 e. The molecular weight excluding hydrogens is 256 g/mol. The molecule has 0 amide bonds. The second-order valence-electron chi connectivity index (χ2n) is 3.58. The zero-order chi connectivity index (χ0) is 12.0. The van der Waals surface area contributed by atoms with Crippen LogP contribution in [0.3, 0.4) is 0 Å². The van der Waals surface area contributed by atoms with Crippen molar-refractivity contribution < 1.29 is 26.6 Å². The number of hydrogen-bond donors (Lipinski definition) is 0. The molecule has 0 saturated heterocycles. The van der Waals surface area contributed by atoms with Gasteiger partial charge in [0, 0.05) is 17.1 Å². The van der Waals surface area contributed by atoms with E-state index in [1.54, 1.807) is 6.07 Å². The molecule has 0 N–H and O–H groups in total. The molecule has 2 rings (SSSR count). The van der Waals surface area contributed by atoms with Crippen LogP contribution in [-0.4, -0.2) is 13.1 Å². The standard InChI is InChI=1S/C8H9O2.C6H7.Fe/c1-6-4-3-5-7(6)8(9)10-2;1-6-4-2-3-5-6;/h3-5H,1-2H3;2-5H,1H3;/q2*-1;. The van der Waals surface area contributed by atoms with Gasteiger partial charge in [0.1, 0.15) is 0 Å². The Labute approximate surface area is 113 Å². The summed E-state index contributed by atoms with van der Waals surface area (Å²) in [4.78, 5) is 10.9. The van der Waals surface area contributed by atoms with Crippen LogP contribution in [0.4, 0.5) is 0 Å². The van der Waals surface area contributed by atoms with Crippen molar-refractivity contribution >= 4 is 5.97 Å². The summed E-state index contributed by atoms with van der Waals surface area (Å²) in [5, 5.41) is 0. The zero-order valence-corrected chi connectivity index (χ0v) is 11.3. The van der Waals surface area contributed by atoms with Crippen molar-refractivity contribution in [1.29, 1.82) is 0 Å². The maximum absolute atomic E-state index is 10.9. The Morgan fingerprint density at radius 3 is 2.06 bits per heavy atom. The fourth-order valence-electron chi connectivity index (χ4n) is 1.32. The Hall–Kier alpha value is -1.31. The number of aryl methyl sites for hydroxylation is 2. The van der Waals surface area contributed by atoms with Crippen LogP contribution in [0.5, 0.6) is 0 Å². The molecule has 0 unspecified atom stereocenters. The molecule has 0 aliphatic rings. The second kappa shape index (κ2) is 7.88. The predicted octanol–water partition coefficient (Wildman–Crippen LogP) is 3.21. The number of carbonyl (C=O) groups is 1. The Morgan fingerprint density at radius 2 is 1.76 bits per heavy atom. The monoisotopic (exact) mass is 272 g/mol. The van der Waals surface area contributed by atoms with Crippen molar-refractivity contribution in [2.75, 3.05) is 7.11 Å². The average Bonchev–Trinajstić information content (AvgIpc) is 2.89. The molecule has 2 aromatic carbocycles. The number of hydrogen-bond acceptors (Lipinski definition) is 2. The van der Waals surface area contributed by atoms with Gasteiger partial charge in [-0.2, -0.15) is 29.3 Å². The van der Waals surface area contributed by atoms with Crippen molar-refractivity contribution in [1.82, 2.24) is 0 Å². The van der Waals surface area contributed by atoms with Crippen LogP contribution in [0.2, 0.25) is 0 Å². The molecular formula is C14H16FeO2-2. The van der Waals surface area contributed by atoms with Crippen LogP contribution >= 0.6 is 0 Å². The molecule has 0 spiro atoms. The number of ether oxygens (including phenoxy) is 1. The van der Waals surface area contributed by atoms with Gasteiger partial charge in [-0.3, -0.25) is 4.79 Å². The minimum atomic E-state index is -0.262. The van der Waals surface area contributed by atoms with Gasteiger partial charge >= 0.3 is 0 Å². The molecule has 0 atom stereocenters. The molecule has 0 aromatic heterocycles. The molecule has 0 radical (unpaired) electrons. The summed E-state index contributed by atoms with van der Waals surface area (Å²) in [6.45, 7) is 3.96. The van der Waals surface area contributed by atoms with Crippen molar-refractivity contribution in [3.05, 3.63) is 59.2 Å². The average molecular weight is 272 g/mol. The van der Waals surface area contributed by atoms with Crippen LogP contribution in [0, 0.1) is 13.8 Å². The van der Waals surface area contributed by atoms with Crippen LogP contribution < -0.4 is 0 Å². The van der Waals surface area contributed by atoms with E-state index in [0.29, 0.717) is 5.56 Å². The summed E-state index contributed by atoms with van der Waals surface area (Å²) in [7, 11) is 1.38. The Balaban J connectivity index is 0.000000316. The minimum Gasteiger partial charge on any atom is -0.475 e. The molecule has 0 aliphatic heterocycles. The van der Waals surface area contributed by atoms with Gasteiger partial charge in [-0.15, -0.1) is 0 Å². The second-order valence-corrected chi connectivity index (χ2v) is 3.58. The van der Waals surface area contributed by atoms with Crippen LogP contribution in [0.25, 0.3) is 0 Å². The predicted molar refractivity (Wildman–Crippen MR) is 64.9 cm³/mol. The van der Waals surface area contributed by atoms with E-state index in [1.165, 1.54) is 12.7 Å². The van der Waals surface area contributed by atoms with E-state index >= 15 is 0 Å². The molecule has 17 heavy (non-hydrogen) atoms. The van der Waals surface area contributed by atoms with E-state index in [9.17, 15) is 4.79 Å². The van der Waals surface area contributed by atoms with E-state index in [2.05, 4.69) is 23.8 Å². The van der Waals surface area contributed by atoms with Crippen LogP contribution in [0.1, 0.15) is 21.5 Å². The van der Waals surface area contributed by atoms with Crippen LogP contribution in [-0.2, 0) is 21.8 Å². The molecule has 0 fully saturated rings. The van der Waals surface area contributed by atoms with E-state index in [4.69, 9.17) is 0 Å². The topological polar surface area (TPSA) is 26.3 Å². The third-order valence-corrected chi connectivity index (χ3v) is 2.27. The van der Waals surface area contributed by atoms with Crippen molar-refractivity contribution in [3.63, 3.8) is 0 Å². The van der Waals surface area contributed by atoms with Gasteiger partial charge in [-0.05, 0) is 5.56 Å². The SMILES string of the molecule is COC(=O)[c-]1cccc1C.C[c-]1cccc1.[Fe]. The fourth-order valence-corrected chi connectivity index (χ4v) is 1.32. The first kappa shape index (κ1) is 15.7. The molecule has 94 valence electrons. The smallest absolute Gasteiger partial charge is 0.281 e. The van der Waals surface area contributed by atoms with Gasteiger partial charge < -0.3 is 4.74 Å². The van der Waals surface area contributed by atoms with Gasteiger partial charge in [0.05, 0.1) is 7.11 Å². The summed E-state index contributed by atoms with van der Waals surface area (Å²) in [5.74, 6) is -0.262. The summed E-state index contributed by atoms with van der Waals surface area (Å²) in [5.41, 5.74) is 2.96. The molecule has 3 heteroatoms. The van der Waals surface area contributed by atoms with Gasteiger partial charge in [0.15, 0.2) is 0 Å². The molecule has 0 saturated carbocycles. The summed E-state index contributed by atoms with van der Waals surface area (Å²) < 4.78 is 4.54. The quantitative estimate of drug-likeness (QED) is 0.452. The fraction of sp³-hybridized carbons (Fsp3) is 0.214. The Morgan fingerprint density at radius 1 is 1.18 bits per heavy atom. The first-order valence-corrected chi connectivity index (χ1v) is 5.14. The zero-order valence-electron chi connectivity index (χ0n) is 10.2. The van der Waals surface area contributed by atoms with E-state index in [0.717, 1.165) is 5.56 Å². The molecule has 2 nitrogen and oxygen atoms in total. The van der Waals surface area contributed by atoms with Crippen molar-refractivity contribution in [2.24, 2.45) is 0 Å². The molecule has 0 heterocycles. The minimum absolute atomic E-state index is 0. The van der Waals surface area contributed by atoms with E-state index in [1.807, 2.05) is 31.2 Å². The van der Waals surface area contributed by atoms with E-state index in [-0.39, 0.29) is 23.0 Å². The van der Waals surface area contributed by atoms with Crippen molar-refractivity contribution in [3.8, 4) is 0 Å². The maximum Gasteiger partial charge on any atom is 0.281 e. The van der Waals surface area contributed by atoms with E-state index < -0.39 is 0 Å². The number of esters is 1. The van der Waals surface area contributed by atoms with Gasteiger partial charge in [-0.25, -0.2) is 24.3 Å². The molecule has 0 bridgehead atoms. The normalized spacial score (nSPS) is 8.65. The third kappa shape index (κ3) is 5.03.